The summed E-state index contributed by atoms with van der Waals surface area (Å²) in [5, 5.41) is 0. The summed E-state index contributed by atoms with van der Waals surface area (Å²) in [6, 6.07) is 10.6. The summed E-state index contributed by atoms with van der Waals surface area (Å²) in [5.74, 6) is 1.13. The lowest BCUT2D eigenvalue weighted by Crippen LogP contribution is -2.09. The van der Waals surface area contributed by atoms with Crippen LogP contribution in [0.5, 0.6) is 0 Å². The molecule has 0 bridgehead atoms. The first-order valence-electron chi connectivity index (χ1n) is 4.55. The van der Waals surface area contributed by atoms with E-state index in [9.17, 15) is 0 Å². The fraction of sp³-hybridized carbons (Fsp3) is 0.273. The highest BCUT2D eigenvalue weighted by Gasteiger charge is 2.04. The van der Waals surface area contributed by atoms with Crippen molar-refractivity contribution in [3.63, 3.8) is 0 Å². The lowest BCUT2D eigenvalue weighted by Gasteiger charge is -2.13. The quantitative estimate of drug-likeness (QED) is 0.676. The Bertz CT molecular complexity index is 281. The predicted octanol–water partition coefficient (Wildman–Crippen LogP) is 2.71. The zero-order valence-corrected chi connectivity index (χ0v) is 8.33. The molecule has 68 valence electrons. The molecule has 2 heteroatoms. The number of nitrogens with zero attached hydrogens (tertiary/aromatic N) is 1. The first-order chi connectivity index (χ1) is 6.45. The topological polar surface area (TPSA) is 3.24 Å². The molecule has 0 fully saturated rings. The molecule has 0 aromatic heterocycles. The van der Waals surface area contributed by atoms with E-state index < -0.39 is 0 Å². The Morgan fingerprint density at radius 1 is 1.23 bits per heavy atom. The molecular formula is C11H13NS. The molecular weight excluding hydrogens is 178 g/mol. The van der Waals surface area contributed by atoms with Crippen LogP contribution in [0.25, 0.3) is 0 Å². The highest BCUT2D eigenvalue weighted by molar-refractivity contribution is 7.97. The summed E-state index contributed by atoms with van der Waals surface area (Å²) < 4.78 is 2.30. The van der Waals surface area contributed by atoms with Crippen molar-refractivity contribution >= 4 is 11.9 Å². The highest BCUT2D eigenvalue weighted by atomic mass is 32.2. The van der Waals surface area contributed by atoms with Crippen molar-refractivity contribution in [1.29, 1.82) is 0 Å². The number of hydrogen-bond donors (Lipinski definition) is 0. The van der Waals surface area contributed by atoms with Gasteiger partial charge in [-0.05, 0) is 23.9 Å². The van der Waals surface area contributed by atoms with Gasteiger partial charge in [-0.3, -0.25) is 0 Å². The molecule has 0 radical (unpaired) electrons. The molecule has 1 aliphatic rings. The average molecular weight is 191 g/mol. The molecule has 2 rings (SSSR count). The van der Waals surface area contributed by atoms with E-state index in [-0.39, 0.29) is 0 Å². The summed E-state index contributed by atoms with van der Waals surface area (Å²) >= 11 is 1.88. The van der Waals surface area contributed by atoms with Crippen LogP contribution in [-0.2, 0) is 6.42 Å². The van der Waals surface area contributed by atoms with Gasteiger partial charge in [0.05, 0.1) is 0 Å². The number of rotatable bonds is 3. The molecule has 1 heterocycles. The molecule has 13 heavy (non-hydrogen) atoms. The van der Waals surface area contributed by atoms with Crippen molar-refractivity contribution in [2.24, 2.45) is 0 Å². The Morgan fingerprint density at radius 2 is 2.08 bits per heavy atom. The van der Waals surface area contributed by atoms with Crippen molar-refractivity contribution in [3.8, 4) is 0 Å². The van der Waals surface area contributed by atoms with E-state index in [0.717, 1.165) is 18.7 Å². The molecule has 0 amide bonds. The second kappa shape index (κ2) is 4.38. The van der Waals surface area contributed by atoms with Crippen LogP contribution in [0.2, 0.25) is 0 Å². The van der Waals surface area contributed by atoms with Gasteiger partial charge in [0.15, 0.2) is 0 Å². The number of benzene rings is 1. The Hall–Kier alpha value is -0.890. The molecule has 0 spiro atoms. The molecule has 1 aromatic carbocycles. The van der Waals surface area contributed by atoms with E-state index in [4.69, 9.17) is 0 Å². The van der Waals surface area contributed by atoms with Crippen molar-refractivity contribution in [2.75, 3.05) is 12.3 Å². The fourth-order valence-corrected chi connectivity index (χ4v) is 2.12. The van der Waals surface area contributed by atoms with Crippen LogP contribution in [0, 0.1) is 0 Å². The van der Waals surface area contributed by atoms with Crippen molar-refractivity contribution in [1.82, 2.24) is 4.31 Å². The van der Waals surface area contributed by atoms with Gasteiger partial charge in [-0.25, -0.2) is 0 Å². The third kappa shape index (κ3) is 2.52. The lowest BCUT2D eigenvalue weighted by molar-refractivity contribution is 0.627. The van der Waals surface area contributed by atoms with Gasteiger partial charge in [-0.1, -0.05) is 36.4 Å². The molecule has 0 N–H and O–H groups in total. The minimum absolute atomic E-state index is 1.12. The Kier molecular flexibility index (Phi) is 2.93. The van der Waals surface area contributed by atoms with E-state index in [1.165, 1.54) is 5.56 Å². The molecule has 0 aliphatic carbocycles. The van der Waals surface area contributed by atoms with E-state index >= 15 is 0 Å². The third-order valence-corrected chi connectivity index (χ3v) is 3.05. The first kappa shape index (κ1) is 8.70. The summed E-state index contributed by atoms with van der Waals surface area (Å²) in [7, 11) is 0. The van der Waals surface area contributed by atoms with Gasteiger partial charge in [0.25, 0.3) is 0 Å². The monoisotopic (exact) mass is 191 g/mol. The summed E-state index contributed by atoms with van der Waals surface area (Å²) in [5.41, 5.74) is 1.42. The molecule has 0 atom stereocenters. The average Bonchev–Trinajstić information content (AvgIpc) is 2.69. The van der Waals surface area contributed by atoms with Crippen LogP contribution in [0.15, 0.2) is 42.6 Å². The lowest BCUT2D eigenvalue weighted by atomic mass is 10.1. The van der Waals surface area contributed by atoms with Crippen molar-refractivity contribution in [3.05, 3.63) is 48.2 Å². The van der Waals surface area contributed by atoms with Gasteiger partial charge in [-0.2, -0.15) is 0 Å². The van der Waals surface area contributed by atoms with E-state index in [1.807, 2.05) is 11.9 Å². The molecule has 0 unspecified atom stereocenters. The fourth-order valence-electron chi connectivity index (χ4n) is 1.37. The maximum absolute atomic E-state index is 2.30. The minimum atomic E-state index is 1.12. The predicted molar refractivity (Wildman–Crippen MR) is 58.5 cm³/mol. The van der Waals surface area contributed by atoms with Crippen LogP contribution < -0.4 is 0 Å². The van der Waals surface area contributed by atoms with Crippen LogP contribution >= 0.6 is 11.9 Å². The smallest absolute Gasteiger partial charge is 0.0331 e. The van der Waals surface area contributed by atoms with Gasteiger partial charge in [0.1, 0.15) is 0 Å². The molecule has 1 aliphatic heterocycles. The van der Waals surface area contributed by atoms with Crippen LogP contribution in [0.4, 0.5) is 0 Å². The standard InChI is InChI=1S/C11H13NS/c1-2-5-11(6-3-1)7-9-12-8-4-10-13-12/h1-6,8H,7,9-10H2. The van der Waals surface area contributed by atoms with Crippen molar-refractivity contribution < 1.29 is 0 Å². The second-order valence-corrected chi connectivity index (χ2v) is 4.12. The normalized spacial score (nSPS) is 15.2. The minimum Gasteiger partial charge on any atom is -0.323 e. The van der Waals surface area contributed by atoms with Gasteiger partial charge in [0.2, 0.25) is 0 Å². The third-order valence-electron chi connectivity index (χ3n) is 2.07. The van der Waals surface area contributed by atoms with Crippen LogP contribution in [0.3, 0.4) is 0 Å². The number of hydrogen-bond acceptors (Lipinski definition) is 2. The van der Waals surface area contributed by atoms with E-state index in [0.29, 0.717) is 0 Å². The van der Waals surface area contributed by atoms with Crippen LogP contribution in [0.1, 0.15) is 5.56 Å². The Labute approximate surface area is 83.6 Å². The van der Waals surface area contributed by atoms with Gasteiger partial charge in [-0.15, -0.1) is 0 Å². The first-order valence-corrected chi connectivity index (χ1v) is 5.49. The summed E-state index contributed by atoms with van der Waals surface area (Å²) in [6.45, 7) is 1.12. The largest absolute Gasteiger partial charge is 0.323 e. The maximum Gasteiger partial charge on any atom is 0.0331 e. The molecule has 0 saturated heterocycles. The van der Waals surface area contributed by atoms with Crippen LogP contribution in [-0.4, -0.2) is 16.6 Å². The Morgan fingerprint density at radius 3 is 2.77 bits per heavy atom. The zero-order valence-electron chi connectivity index (χ0n) is 7.52. The van der Waals surface area contributed by atoms with E-state index in [1.54, 1.807) is 0 Å². The van der Waals surface area contributed by atoms with Crippen molar-refractivity contribution in [2.45, 2.75) is 6.42 Å². The molecule has 1 nitrogen and oxygen atoms in total. The summed E-state index contributed by atoms with van der Waals surface area (Å²) in [6.07, 6.45) is 5.52. The second-order valence-electron chi connectivity index (χ2n) is 3.06. The SMILES string of the molecule is C1=CN(CCc2ccccc2)SC1. The molecule has 0 saturated carbocycles. The Balaban J connectivity index is 1.82. The maximum atomic E-state index is 2.30. The van der Waals surface area contributed by atoms with Gasteiger partial charge >= 0.3 is 0 Å². The van der Waals surface area contributed by atoms with Gasteiger partial charge in [0, 0.05) is 18.5 Å². The highest BCUT2D eigenvalue weighted by Crippen LogP contribution is 2.17. The molecule has 1 aromatic rings. The zero-order chi connectivity index (χ0) is 8.93. The van der Waals surface area contributed by atoms with E-state index in [2.05, 4.69) is 46.9 Å². The van der Waals surface area contributed by atoms with Gasteiger partial charge < -0.3 is 4.31 Å². The summed E-state index contributed by atoms with van der Waals surface area (Å²) in [4.78, 5) is 0.